The van der Waals surface area contributed by atoms with Gasteiger partial charge in [0.2, 0.25) is 0 Å². The van der Waals surface area contributed by atoms with E-state index in [-0.39, 0.29) is 0 Å². The molecule has 2 aromatic rings. The maximum atomic E-state index is 4.40. The molecule has 0 amide bonds. The average molecular weight is 257 g/mol. The molecule has 1 heterocycles. The number of hydrogen-bond acceptors (Lipinski definition) is 2. The zero-order chi connectivity index (χ0) is 13.8. The molecule has 0 aliphatic carbocycles. The Kier molecular flexibility index (Phi) is 4.38. The molecule has 0 radical (unpaired) electrons. The van der Waals surface area contributed by atoms with Gasteiger partial charge in [0.1, 0.15) is 0 Å². The van der Waals surface area contributed by atoms with Crippen LogP contribution in [0.3, 0.4) is 0 Å². The first-order valence-corrected chi connectivity index (χ1v) is 6.94. The highest BCUT2D eigenvalue weighted by atomic mass is 15.1. The van der Waals surface area contributed by atoms with Crippen LogP contribution in [0, 0.1) is 20.8 Å². The highest BCUT2D eigenvalue weighted by Crippen LogP contribution is 2.19. The normalized spacial score (nSPS) is 10.9. The van der Waals surface area contributed by atoms with Crippen molar-refractivity contribution in [2.45, 2.75) is 40.7 Å². The number of aromatic nitrogens is 2. The van der Waals surface area contributed by atoms with Crippen molar-refractivity contribution >= 4 is 0 Å². The van der Waals surface area contributed by atoms with E-state index in [1.54, 1.807) is 0 Å². The van der Waals surface area contributed by atoms with Crippen molar-refractivity contribution in [2.75, 3.05) is 6.54 Å². The van der Waals surface area contributed by atoms with E-state index in [4.69, 9.17) is 0 Å². The number of rotatable bonds is 5. The summed E-state index contributed by atoms with van der Waals surface area (Å²) in [6, 6.07) is 6.60. The smallest absolute Gasteiger partial charge is 0.0997 e. The summed E-state index contributed by atoms with van der Waals surface area (Å²) >= 11 is 0. The quantitative estimate of drug-likeness (QED) is 0.833. The van der Waals surface area contributed by atoms with Crippen LogP contribution in [0.4, 0.5) is 0 Å². The maximum absolute atomic E-state index is 4.40. The third kappa shape index (κ3) is 3.04. The standard InChI is InChI=1S/C16H23N3/c1-5-8-17-10-15-9-12(2)6-7-16(15)19-11-18-13(3)14(19)4/h6-7,9,11,17H,5,8,10H2,1-4H3. The van der Waals surface area contributed by atoms with Gasteiger partial charge >= 0.3 is 0 Å². The van der Waals surface area contributed by atoms with Gasteiger partial charge < -0.3 is 9.88 Å². The van der Waals surface area contributed by atoms with E-state index in [1.165, 1.54) is 22.5 Å². The van der Waals surface area contributed by atoms with E-state index in [0.717, 1.165) is 25.2 Å². The summed E-state index contributed by atoms with van der Waals surface area (Å²) in [5.41, 5.74) is 6.15. The van der Waals surface area contributed by atoms with Gasteiger partial charge in [0, 0.05) is 12.2 Å². The first-order valence-electron chi connectivity index (χ1n) is 6.94. The predicted molar refractivity (Wildman–Crippen MR) is 79.8 cm³/mol. The molecule has 3 nitrogen and oxygen atoms in total. The van der Waals surface area contributed by atoms with Crippen LogP contribution < -0.4 is 5.32 Å². The van der Waals surface area contributed by atoms with Crippen LogP contribution in [0.5, 0.6) is 0 Å². The number of hydrogen-bond donors (Lipinski definition) is 1. The van der Waals surface area contributed by atoms with Gasteiger partial charge in [0.25, 0.3) is 0 Å². The van der Waals surface area contributed by atoms with Gasteiger partial charge in [-0.05, 0) is 45.4 Å². The molecule has 2 rings (SSSR count). The molecule has 0 spiro atoms. The lowest BCUT2D eigenvalue weighted by molar-refractivity contribution is 0.672. The summed E-state index contributed by atoms with van der Waals surface area (Å²) < 4.78 is 2.18. The van der Waals surface area contributed by atoms with Gasteiger partial charge in [-0.3, -0.25) is 0 Å². The Morgan fingerprint density at radius 1 is 1.21 bits per heavy atom. The Hall–Kier alpha value is -1.61. The van der Waals surface area contributed by atoms with E-state index in [2.05, 4.69) is 60.8 Å². The molecular formula is C16H23N3. The van der Waals surface area contributed by atoms with Crippen LogP contribution in [0.25, 0.3) is 5.69 Å². The largest absolute Gasteiger partial charge is 0.313 e. The second-order valence-corrected chi connectivity index (χ2v) is 5.09. The van der Waals surface area contributed by atoms with E-state index < -0.39 is 0 Å². The molecule has 19 heavy (non-hydrogen) atoms. The topological polar surface area (TPSA) is 29.9 Å². The Labute approximate surface area is 115 Å². The molecule has 0 aliphatic rings. The van der Waals surface area contributed by atoms with Gasteiger partial charge in [0.05, 0.1) is 17.7 Å². The summed E-state index contributed by atoms with van der Waals surface area (Å²) in [6.45, 7) is 10.4. The number of nitrogens with one attached hydrogen (secondary N) is 1. The highest BCUT2D eigenvalue weighted by molar-refractivity contribution is 5.45. The van der Waals surface area contributed by atoms with Crippen molar-refractivity contribution in [3.05, 3.63) is 47.0 Å². The molecule has 0 saturated carbocycles. The minimum absolute atomic E-state index is 0.904. The van der Waals surface area contributed by atoms with Crippen molar-refractivity contribution in [3.63, 3.8) is 0 Å². The molecule has 3 heteroatoms. The summed E-state index contributed by atoms with van der Waals surface area (Å²) in [5, 5.41) is 3.48. The fourth-order valence-corrected chi connectivity index (χ4v) is 2.23. The van der Waals surface area contributed by atoms with E-state index in [0.29, 0.717) is 0 Å². The summed E-state index contributed by atoms with van der Waals surface area (Å²) in [6.07, 6.45) is 3.07. The van der Waals surface area contributed by atoms with Gasteiger partial charge in [0.15, 0.2) is 0 Å². The van der Waals surface area contributed by atoms with Crippen molar-refractivity contribution in [1.82, 2.24) is 14.9 Å². The summed E-state index contributed by atoms with van der Waals surface area (Å²) in [5.74, 6) is 0. The third-order valence-corrected chi connectivity index (χ3v) is 3.49. The van der Waals surface area contributed by atoms with Crippen molar-refractivity contribution in [3.8, 4) is 5.69 Å². The Bertz CT molecular complexity index is 555. The predicted octanol–water partition coefficient (Wildman–Crippen LogP) is 3.30. The molecule has 0 bridgehead atoms. The zero-order valence-electron chi connectivity index (χ0n) is 12.3. The molecule has 0 aliphatic heterocycles. The minimum Gasteiger partial charge on any atom is -0.313 e. The monoisotopic (exact) mass is 257 g/mol. The van der Waals surface area contributed by atoms with Crippen LogP contribution in [-0.4, -0.2) is 16.1 Å². The molecule has 102 valence electrons. The van der Waals surface area contributed by atoms with Crippen molar-refractivity contribution in [2.24, 2.45) is 0 Å². The first-order chi connectivity index (χ1) is 9.13. The second-order valence-electron chi connectivity index (χ2n) is 5.09. The fraction of sp³-hybridized carbons (Fsp3) is 0.438. The molecule has 1 aromatic carbocycles. The first kappa shape index (κ1) is 13.8. The number of nitrogens with zero attached hydrogens (tertiary/aromatic N) is 2. The molecule has 0 atom stereocenters. The van der Waals surface area contributed by atoms with Crippen molar-refractivity contribution in [1.29, 1.82) is 0 Å². The second kappa shape index (κ2) is 6.02. The number of aryl methyl sites for hydroxylation is 2. The highest BCUT2D eigenvalue weighted by Gasteiger charge is 2.09. The Morgan fingerprint density at radius 3 is 2.63 bits per heavy atom. The Balaban J connectivity index is 2.36. The van der Waals surface area contributed by atoms with E-state index in [9.17, 15) is 0 Å². The van der Waals surface area contributed by atoms with Gasteiger partial charge in [-0.15, -0.1) is 0 Å². The number of benzene rings is 1. The molecule has 0 saturated heterocycles. The zero-order valence-corrected chi connectivity index (χ0v) is 12.3. The Morgan fingerprint density at radius 2 is 2.00 bits per heavy atom. The summed E-state index contributed by atoms with van der Waals surface area (Å²) in [4.78, 5) is 4.40. The van der Waals surface area contributed by atoms with Gasteiger partial charge in [-0.1, -0.05) is 24.6 Å². The van der Waals surface area contributed by atoms with Gasteiger partial charge in [-0.2, -0.15) is 0 Å². The van der Waals surface area contributed by atoms with Crippen LogP contribution >= 0.6 is 0 Å². The SMILES string of the molecule is CCCNCc1cc(C)ccc1-n1cnc(C)c1C. The fourth-order valence-electron chi connectivity index (χ4n) is 2.23. The van der Waals surface area contributed by atoms with Crippen LogP contribution in [-0.2, 0) is 6.54 Å². The molecule has 0 unspecified atom stereocenters. The van der Waals surface area contributed by atoms with E-state index in [1.807, 2.05) is 6.33 Å². The maximum Gasteiger partial charge on any atom is 0.0997 e. The molecule has 1 N–H and O–H groups in total. The lowest BCUT2D eigenvalue weighted by atomic mass is 10.1. The lowest BCUT2D eigenvalue weighted by Gasteiger charge is -2.14. The van der Waals surface area contributed by atoms with Crippen LogP contribution in [0.2, 0.25) is 0 Å². The van der Waals surface area contributed by atoms with Crippen LogP contribution in [0.15, 0.2) is 24.5 Å². The van der Waals surface area contributed by atoms with E-state index >= 15 is 0 Å². The van der Waals surface area contributed by atoms with Gasteiger partial charge in [-0.25, -0.2) is 4.98 Å². The molecule has 1 aromatic heterocycles. The third-order valence-electron chi connectivity index (χ3n) is 3.49. The summed E-state index contributed by atoms with van der Waals surface area (Å²) in [7, 11) is 0. The van der Waals surface area contributed by atoms with Crippen molar-refractivity contribution < 1.29 is 0 Å². The minimum atomic E-state index is 0.904. The van der Waals surface area contributed by atoms with Crippen LogP contribution in [0.1, 0.15) is 35.9 Å². The molecule has 0 fully saturated rings. The lowest BCUT2D eigenvalue weighted by Crippen LogP contribution is -2.15. The molecular weight excluding hydrogens is 234 g/mol. The average Bonchev–Trinajstić information content (AvgIpc) is 2.71. The number of imidazole rings is 1.